The van der Waals surface area contributed by atoms with E-state index in [1.807, 2.05) is 0 Å². The summed E-state index contributed by atoms with van der Waals surface area (Å²) in [7, 11) is 0. The monoisotopic (exact) mass is 272 g/mol. The van der Waals surface area contributed by atoms with E-state index < -0.39 is 55.4 Å². The van der Waals surface area contributed by atoms with Crippen LogP contribution >= 0.6 is 0 Å². The van der Waals surface area contributed by atoms with E-state index in [-0.39, 0.29) is 0 Å². The first-order valence-corrected chi connectivity index (χ1v) is 5.10. The third-order valence-corrected chi connectivity index (χ3v) is 2.72. The number of carboxylic acids is 1. The van der Waals surface area contributed by atoms with Crippen molar-refractivity contribution in [3.8, 4) is 0 Å². The molecule has 0 aromatic carbocycles. The number of carboxylic acid groups (broad SMARTS) is 1. The van der Waals surface area contributed by atoms with Gasteiger partial charge in [-0.25, -0.2) is 13.6 Å². The van der Waals surface area contributed by atoms with Gasteiger partial charge in [0.15, 0.2) is 6.17 Å². The zero-order valence-corrected chi connectivity index (χ0v) is 9.11. The Morgan fingerprint density at radius 1 is 1.50 bits per heavy atom. The van der Waals surface area contributed by atoms with Gasteiger partial charge in [-0.2, -0.15) is 0 Å². The molecule has 0 spiro atoms. The molecule has 1 aliphatic heterocycles. The molecule has 1 rings (SSSR count). The molecule has 6 unspecified atom stereocenters. The Hall–Kier alpha value is -0.870. The fraction of sp³-hybridized carbons (Fsp3) is 0.889. The molecule has 5 N–H and O–H groups in total. The van der Waals surface area contributed by atoms with Crippen molar-refractivity contribution in [2.45, 2.75) is 42.8 Å². The Bertz CT molecular complexity index is 315. The van der Waals surface area contributed by atoms with Crippen LogP contribution in [0.25, 0.3) is 0 Å². The molecule has 7 nitrogen and oxygen atoms in total. The van der Waals surface area contributed by atoms with Gasteiger partial charge in [-0.3, -0.25) is 0 Å². The summed E-state index contributed by atoms with van der Waals surface area (Å²) in [6.07, 6.45) is -11.3. The molecular weight excluding hydrogens is 258 g/mol. The smallest absolute Gasteiger partial charge is 0.364 e. The Kier molecular flexibility index (Phi) is 4.56. The average molecular weight is 272 g/mol. The maximum atomic E-state index is 13.5. The zero-order valence-electron chi connectivity index (χ0n) is 9.11. The second-order valence-electron chi connectivity index (χ2n) is 4.10. The number of aliphatic hydroxyl groups excluding tert-OH is 3. The van der Waals surface area contributed by atoms with Crippen molar-refractivity contribution >= 4 is 5.97 Å². The lowest BCUT2D eigenvalue weighted by atomic mass is 9.91. The largest absolute Gasteiger partial charge is 0.477 e. The molecular formula is C9H14F2O7. The summed E-state index contributed by atoms with van der Waals surface area (Å²) in [5.41, 5.74) is 0. The van der Waals surface area contributed by atoms with Crippen LogP contribution in [0.2, 0.25) is 0 Å². The minimum atomic E-state index is -2.90. The van der Waals surface area contributed by atoms with Gasteiger partial charge in [-0.15, -0.1) is 0 Å². The Labute approximate surface area is 100 Å². The van der Waals surface area contributed by atoms with E-state index in [1.54, 1.807) is 0 Å². The predicted molar refractivity (Wildman–Crippen MR) is 51.0 cm³/mol. The fourth-order valence-corrected chi connectivity index (χ4v) is 1.66. The van der Waals surface area contributed by atoms with Gasteiger partial charge < -0.3 is 30.3 Å². The Morgan fingerprint density at radius 3 is 2.50 bits per heavy atom. The topological polar surface area (TPSA) is 127 Å². The first-order chi connectivity index (χ1) is 8.23. The molecule has 106 valence electrons. The SMILES string of the molecule is O=C(O)C1(O)CC(O)C(O)C(C(F)C(O)CF)O1. The third kappa shape index (κ3) is 2.75. The highest BCUT2D eigenvalue weighted by atomic mass is 19.1. The first-order valence-electron chi connectivity index (χ1n) is 5.10. The number of aliphatic carboxylic acids is 1. The van der Waals surface area contributed by atoms with Gasteiger partial charge in [0.2, 0.25) is 0 Å². The van der Waals surface area contributed by atoms with E-state index in [0.29, 0.717) is 0 Å². The summed E-state index contributed by atoms with van der Waals surface area (Å²) in [6.45, 7) is -1.49. The number of carbonyl (C=O) groups is 1. The molecule has 0 aliphatic carbocycles. The standard InChI is InChI=1S/C9H14F2O7/c10-2-4(13)5(11)7-6(14)3(12)1-9(17,18-7)8(15)16/h3-7,12-14,17H,1-2H2,(H,15,16). The third-order valence-electron chi connectivity index (χ3n) is 2.72. The molecule has 0 aromatic rings. The molecule has 1 aliphatic rings. The summed E-state index contributed by atoms with van der Waals surface area (Å²) in [5, 5.41) is 45.8. The fourth-order valence-electron chi connectivity index (χ4n) is 1.66. The predicted octanol–water partition coefficient (Wildman–Crippen LogP) is -2.06. The molecule has 0 bridgehead atoms. The minimum absolute atomic E-state index is 0.877. The number of hydrogen-bond acceptors (Lipinski definition) is 6. The number of halogens is 2. The minimum Gasteiger partial charge on any atom is -0.477 e. The van der Waals surface area contributed by atoms with Gasteiger partial charge in [0.05, 0.1) is 6.10 Å². The highest BCUT2D eigenvalue weighted by Crippen LogP contribution is 2.31. The highest BCUT2D eigenvalue weighted by Gasteiger charge is 2.53. The molecule has 0 radical (unpaired) electrons. The number of aliphatic hydroxyl groups is 4. The first kappa shape index (κ1) is 15.2. The van der Waals surface area contributed by atoms with Gasteiger partial charge in [-0.05, 0) is 0 Å². The molecule has 0 amide bonds. The van der Waals surface area contributed by atoms with Crippen LogP contribution in [0.1, 0.15) is 6.42 Å². The Balaban J connectivity index is 2.92. The number of alkyl halides is 2. The lowest BCUT2D eigenvalue weighted by Gasteiger charge is -2.41. The summed E-state index contributed by atoms with van der Waals surface area (Å²) in [6, 6.07) is 0. The van der Waals surface area contributed by atoms with E-state index in [9.17, 15) is 28.9 Å². The van der Waals surface area contributed by atoms with Crippen molar-refractivity contribution in [2.75, 3.05) is 6.67 Å². The van der Waals surface area contributed by atoms with E-state index in [2.05, 4.69) is 4.74 Å². The summed E-state index contributed by atoms with van der Waals surface area (Å²) >= 11 is 0. The van der Waals surface area contributed by atoms with Crippen LogP contribution in [-0.2, 0) is 9.53 Å². The molecule has 0 saturated carbocycles. The van der Waals surface area contributed by atoms with Crippen molar-refractivity contribution in [1.29, 1.82) is 0 Å². The molecule has 0 aromatic heterocycles. The quantitative estimate of drug-likeness (QED) is 0.398. The number of ether oxygens (including phenoxy) is 1. The van der Waals surface area contributed by atoms with Gasteiger partial charge in [0.1, 0.15) is 25.0 Å². The van der Waals surface area contributed by atoms with Gasteiger partial charge in [-0.1, -0.05) is 0 Å². The second-order valence-corrected chi connectivity index (χ2v) is 4.10. The summed E-state index contributed by atoms with van der Waals surface area (Å²) < 4.78 is 30.1. The molecule has 9 heteroatoms. The van der Waals surface area contributed by atoms with Crippen LogP contribution in [0.5, 0.6) is 0 Å². The van der Waals surface area contributed by atoms with Crippen LogP contribution < -0.4 is 0 Å². The summed E-state index contributed by atoms with van der Waals surface area (Å²) in [5.74, 6) is -4.79. The van der Waals surface area contributed by atoms with Crippen molar-refractivity contribution in [1.82, 2.24) is 0 Å². The summed E-state index contributed by atoms with van der Waals surface area (Å²) in [4.78, 5) is 10.7. The van der Waals surface area contributed by atoms with E-state index in [4.69, 9.17) is 10.2 Å². The molecule has 18 heavy (non-hydrogen) atoms. The van der Waals surface area contributed by atoms with Crippen LogP contribution in [0.15, 0.2) is 0 Å². The molecule has 1 saturated heterocycles. The van der Waals surface area contributed by atoms with Crippen LogP contribution in [0.3, 0.4) is 0 Å². The van der Waals surface area contributed by atoms with E-state index in [0.717, 1.165) is 0 Å². The van der Waals surface area contributed by atoms with Gasteiger partial charge in [0, 0.05) is 6.42 Å². The van der Waals surface area contributed by atoms with Crippen molar-refractivity contribution in [3.63, 3.8) is 0 Å². The maximum absolute atomic E-state index is 13.5. The van der Waals surface area contributed by atoms with Crippen molar-refractivity contribution in [2.24, 2.45) is 0 Å². The molecule has 1 fully saturated rings. The van der Waals surface area contributed by atoms with E-state index in [1.165, 1.54) is 0 Å². The number of rotatable bonds is 4. The van der Waals surface area contributed by atoms with Crippen LogP contribution in [0.4, 0.5) is 8.78 Å². The van der Waals surface area contributed by atoms with Gasteiger partial charge >= 0.3 is 5.97 Å². The average Bonchev–Trinajstić information content (AvgIpc) is 2.31. The normalized spacial score (nSPS) is 40.2. The number of hydrogen-bond donors (Lipinski definition) is 5. The van der Waals surface area contributed by atoms with Crippen molar-refractivity contribution in [3.05, 3.63) is 0 Å². The highest BCUT2D eigenvalue weighted by molar-refractivity contribution is 5.75. The second kappa shape index (κ2) is 5.41. The van der Waals surface area contributed by atoms with E-state index >= 15 is 0 Å². The Morgan fingerprint density at radius 2 is 2.06 bits per heavy atom. The van der Waals surface area contributed by atoms with Gasteiger partial charge in [0.25, 0.3) is 5.79 Å². The van der Waals surface area contributed by atoms with Crippen molar-refractivity contribution < 1.29 is 43.8 Å². The lowest BCUT2D eigenvalue weighted by molar-refractivity contribution is -0.307. The maximum Gasteiger partial charge on any atom is 0.364 e. The van der Waals surface area contributed by atoms with Crippen LogP contribution in [0, 0.1) is 0 Å². The molecule has 1 heterocycles. The van der Waals surface area contributed by atoms with Crippen LogP contribution in [-0.4, -0.2) is 74.6 Å². The zero-order chi connectivity index (χ0) is 14.1. The lowest BCUT2D eigenvalue weighted by Crippen LogP contribution is -2.62. The molecule has 6 atom stereocenters.